The highest BCUT2D eigenvalue weighted by molar-refractivity contribution is 5.60. The van der Waals surface area contributed by atoms with Crippen molar-refractivity contribution in [1.29, 1.82) is 0 Å². The topological polar surface area (TPSA) is 34.2 Å². The average molecular weight is 319 g/mol. The molecule has 0 unspecified atom stereocenters. The Kier molecular flexibility index (Phi) is 5.03. The highest BCUT2D eigenvalue weighted by atomic mass is 19.3. The van der Waals surface area contributed by atoms with Gasteiger partial charge in [-0.3, -0.25) is 0 Å². The molecule has 1 aliphatic heterocycles. The fourth-order valence-corrected chi connectivity index (χ4v) is 1.64. The summed E-state index contributed by atoms with van der Waals surface area (Å²) in [5, 5.41) is 0. The van der Waals surface area contributed by atoms with Gasteiger partial charge in [-0.15, -0.1) is 0 Å². The number of fused-ring (bicyclic) bond motifs is 1. The number of rotatable bonds is 1. The number of benzene rings is 1. The molecule has 22 heavy (non-hydrogen) atoms. The third kappa shape index (κ3) is 3.57. The van der Waals surface area contributed by atoms with Gasteiger partial charge >= 0.3 is 6.08 Å². The predicted octanol–water partition coefficient (Wildman–Crippen LogP) is 4.29. The number of hydrogen-bond donors (Lipinski definition) is 1. The molecule has 2 aromatic rings. The second-order valence-corrected chi connectivity index (χ2v) is 4.06. The Morgan fingerprint density at radius 3 is 2.09 bits per heavy atom. The van der Waals surface area contributed by atoms with Crippen LogP contribution in [0, 0.1) is 11.6 Å². The lowest BCUT2D eigenvalue weighted by Gasteiger charge is -2.13. The third-order valence-corrected chi connectivity index (χ3v) is 2.62. The third-order valence-electron chi connectivity index (χ3n) is 2.62. The van der Waals surface area contributed by atoms with Gasteiger partial charge in [0.1, 0.15) is 13.2 Å². The number of aromatic amines is 1. The minimum atomic E-state index is -2.68. The lowest BCUT2D eigenvalue weighted by molar-refractivity contribution is 0.173. The molecular weight excluding hydrogens is 309 g/mol. The smallest absolute Gasteiger partial charge is 0.306 e. The first-order valence-electron chi connectivity index (χ1n) is 6.08. The first-order chi connectivity index (χ1) is 10.5. The molecule has 1 N–H and O–H groups in total. The van der Waals surface area contributed by atoms with Crippen LogP contribution in [0.1, 0.15) is 5.56 Å². The van der Waals surface area contributed by atoms with Crippen LogP contribution in [0.3, 0.4) is 0 Å². The van der Waals surface area contributed by atoms with Crippen molar-refractivity contribution in [2.45, 2.75) is 0 Å². The van der Waals surface area contributed by atoms with E-state index >= 15 is 0 Å². The zero-order chi connectivity index (χ0) is 16.1. The molecule has 0 atom stereocenters. The SMILES string of the molecule is FC(F)=C(F)c1cccc(F)c1F.c1[nH]cc2c1OCCO2. The Bertz CT molecular complexity index is 659. The van der Waals surface area contributed by atoms with Crippen LogP contribution < -0.4 is 9.47 Å². The molecule has 0 spiro atoms. The van der Waals surface area contributed by atoms with Crippen LogP contribution in [0.4, 0.5) is 22.0 Å². The molecule has 1 aliphatic rings. The summed E-state index contributed by atoms with van der Waals surface area (Å²) in [5.41, 5.74) is -1.07. The normalized spacial score (nSPS) is 12.2. The van der Waals surface area contributed by atoms with Gasteiger partial charge in [0.2, 0.25) is 0 Å². The monoisotopic (exact) mass is 319 g/mol. The van der Waals surface area contributed by atoms with Crippen LogP contribution in [0.15, 0.2) is 36.7 Å². The zero-order valence-corrected chi connectivity index (χ0v) is 11.0. The van der Waals surface area contributed by atoms with Crippen molar-refractivity contribution >= 4 is 5.83 Å². The molecule has 3 rings (SSSR count). The molecule has 8 heteroatoms. The standard InChI is InChI=1S/C8H3F5.C6H7NO2/c9-5-3-1-2-4(6(5)10)7(11)8(12)13;1-2-9-6-4-7-3-5(6)8-1/h1-3H;3-4,7H,1-2H2. The number of nitrogens with one attached hydrogen (secondary N) is 1. The fourth-order valence-electron chi connectivity index (χ4n) is 1.64. The predicted molar refractivity (Wildman–Crippen MR) is 68.4 cm³/mol. The van der Waals surface area contributed by atoms with E-state index in [0.717, 1.165) is 23.6 Å². The second-order valence-electron chi connectivity index (χ2n) is 4.06. The molecule has 2 heterocycles. The van der Waals surface area contributed by atoms with Crippen molar-refractivity contribution in [2.75, 3.05) is 13.2 Å². The van der Waals surface area contributed by atoms with E-state index < -0.39 is 29.1 Å². The number of aromatic nitrogens is 1. The summed E-state index contributed by atoms with van der Waals surface area (Å²) in [5.74, 6) is -3.39. The summed E-state index contributed by atoms with van der Waals surface area (Å²) in [7, 11) is 0. The van der Waals surface area contributed by atoms with E-state index in [1.807, 2.05) is 0 Å². The molecule has 0 fully saturated rings. The summed E-state index contributed by atoms with van der Waals surface area (Å²) in [6.45, 7) is 1.32. The zero-order valence-electron chi connectivity index (χ0n) is 11.0. The van der Waals surface area contributed by atoms with E-state index in [-0.39, 0.29) is 0 Å². The van der Waals surface area contributed by atoms with Gasteiger partial charge in [0.15, 0.2) is 29.0 Å². The molecule has 0 saturated heterocycles. The quantitative estimate of drug-likeness (QED) is 0.796. The van der Waals surface area contributed by atoms with Crippen molar-refractivity contribution in [2.24, 2.45) is 0 Å². The molecule has 0 bridgehead atoms. The Labute approximate surface area is 122 Å². The van der Waals surface area contributed by atoms with E-state index in [1.165, 1.54) is 0 Å². The Balaban J connectivity index is 0.000000170. The van der Waals surface area contributed by atoms with Gasteiger partial charge in [0.25, 0.3) is 0 Å². The molecule has 1 aromatic carbocycles. The van der Waals surface area contributed by atoms with Gasteiger partial charge in [-0.05, 0) is 12.1 Å². The molecule has 3 nitrogen and oxygen atoms in total. The maximum absolute atomic E-state index is 12.6. The van der Waals surface area contributed by atoms with Crippen molar-refractivity contribution in [1.82, 2.24) is 4.98 Å². The lowest BCUT2D eigenvalue weighted by atomic mass is 10.2. The highest BCUT2D eigenvalue weighted by Crippen LogP contribution is 2.28. The first kappa shape index (κ1) is 15.9. The average Bonchev–Trinajstić information content (AvgIpc) is 2.98. The minimum Gasteiger partial charge on any atom is -0.485 e. The highest BCUT2D eigenvalue weighted by Gasteiger charge is 2.16. The van der Waals surface area contributed by atoms with Crippen LogP contribution in [0.2, 0.25) is 0 Å². The van der Waals surface area contributed by atoms with Crippen LogP contribution in [0.5, 0.6) is 11.5 Å². The molecule has 118 valence electrons. The van der Waals surface area contributed by atoms with Gasteiger partial charge in [-0.25, -0.2) is 13.2 Å². The molecule has 1 aromatic heterocycles. The second kappa shape index (κ2) is 6.97. The Morgan fingerprint density at radius 2 is 1.55 bits per heavy atom. The number of ether oxygens (including phenoxy) is 2. The summed E-state index contributed by atoms with van der Waals surface area (Å²) >= 11 is 0. The molecular formula is C14H10F5NO2. The van der Waals surface area contributed by atoms with Gasteiger partial charge in [0, 0.05) is 12.4 Å². The number of hydrogen-bond acceptors (Lipinski definition) is 2. The molecule has 0 saturated carbocycles. The van der Waals surface area contributed by atoms with E-state index in [4.69, 9.17) is 9.47 Å². The Morgan fingerprint density at radius 1 is 0.955 bits per heavy atom. The van der Waals surface area contributed by atoms with E-state index in [0.29, 0.717) is 19.3 Å². The first-order valence-corrected chi connectivity index (χ1v) is 6.08. The summed E-state index contributed by atoms with van der Waals surface area (Å²) in [6.07, 6.45) is 0.896. The number of H-pyrrole nitrogens is 1. The van der Waals surface area contributed by atoms with Crippen LogP contribution in [-0.2, 0) is 0 Å². The summed E-state index contributed by atoms with van der Waals surface area (Å²) in [4.78, 5) is 2.89. The van der Waals surface area contributed by atoms with E-state index in [2.05, 4.69) is 4.98 Å². The van der Waals surface area contributed by atoms with Gasteiger partial charge in [-0.2, -0.15) is 8.78 Å². The van der Waals surface area contributed by atoms with Crippen molar-refractivity contribution < 1.29 is 31.4 Å². The fraction of sp³-hybridized carbons (Fsp3) is 0.143. The van der Waals surface area contributed by atoms with Gasteiger partial charge in [0.05, 0.1) is 5.56 Å². The van der Waals surface area contributed by atoms with Crippen LogP contribution >= 0.6 is 0 Å². The van der Waals surface area contributed by atoms with E-state index in [1.54, 1.807) is 12.4 Å². The largest absolute Gasteiger partial charge is 0.485 e. The molecule has 0 amide bonds. The maximum atomic E-state index is 12.6. The van der Waals surface area contributed by atoms with Crippen molar-refractivity contribution in [3.63, 3.8) is 0 Å². The summed E-state index contributed by atoms with van der Waals surface area (Å²) in [6, 6.07) is 2.38. The van der Waals surface area contributed by atoms with Crippen molar-refractivity contribution in [3.05, 3.63) is 53.9 Å². The minimum absolute atomic E-state index is 0.658. The molecule has 0 aliphatic carbocycles. The van der Waals surface area contributed by atoms with Crippen molar-refractivity contribution in [3.8, 4) is 11.5 Å². The van der Waals surface area contributed by atoms with E-state index in [9.17, 15) is 22.0 Å². The van der Waals surface area contributed by atoms with Crippen LogP contribution in [0.25, 0.3) is 5.83 Å². The number of halogens is 5. The molecule has 0 radical (unpaired) electrons. The van der Waals surface area contributed by atoms with Gasteiger partial charge < -0.3 is 14.5 Å². The summed E-state index contributed by atoms with van der Waals surface area (Å²) < 4.78 is 71.1. The maximum Gasteiger partial charge on any atom is 0.306 e. The van der Waals surface area contributed by atoms with Gasteiger partial charge in [-0.1, -0.05) is 6.07 Å². The lowest BCUT2D eigenvalue weighted by Crippen LogP contribution is -2.13. The van der Waals surface area contributed by atoms with Crippen LogP contribution in [-0.4, -0.2) is 18.2 Å². The Hall–Kier alpha value is -2.51.